The van der Waals surface area contributed by atoms with E-state index in [9.17, 15) is 14.0 Å². The molecule has 1 saturated heterocycles. The number of amides is 2. The summed E-state index contributed by atoms with van der Waals surface area (Å²) in [5.41, 5.74) is 1.49. The predicted molar refractivity (Wildman–Crippen MR) is 108 cm³/mol. The Morgan fingerprint density at radius 3 is 2.31 bits per heavy atom. The molecule has 2 amide bonds. The molecule has 1 aliphatic rings. The van der Waals surface area contributed by atoms with Crippen molar-refractivity contribution in [1.29, 1.82) is 0 Å². The van der Waals surface area contributed by atoms with Crippen molar-refractivity contribution in [2.45, 2.75) is 12.8 Å². The van der Waals surface area contributed by atoms with Crippen LogP contribution in [0.1, 0.15) is 23.4 Å². The Hall–Kier alpha value is -3.41. The van der Waals surface area contributed by atoms with E-state index in [1.807, 2.05) is 30.3 Å². The van der Waals surface area contributed by atoms with Gasteiger partial charge in [-0.15, -0.1) is 0 Å². The van der Waals surface area contributed by atoms with Crippen LogP contribution < -0.4 is 5.32 Å². The van der Waals surface area contributed by atoms with Gasteiger partial charge in [0, 0.05) is 30.3 Å². The van der Waals surface area contributed by atoms with E-state index in [4.69, 9.17) is 4.42 Å². The van der Waals surface area contributed by atoms with Crippen LogP contribution in [0.4, 0.5) is 10.1 Å². The van der Waals surface area contributed by atoms with E-state index in [1.54, 1.807) is 29.2 Å². The molecule has 1 N–H and O–H groups in total. The fraction of sp³-hybridized carbons (Fsp3) is 0.217. The van der Waals surface area contributed by atoms with Gasteiger partial charge in [-0.05, 0) is 61.4 Å². The maximum absolute atomic E-state index is 13.1. The number of anilines is 1. The molecule has 4 rings (SSSR count). The van der Waals surface area contributed by atoms with Crippen molar-refractivity contribution in [2.75, 3.05) is 18.4 Å². The number of nitrogens with one attached hydrogen (secondary N) is 1. The molecule has 0 saturated carbocycles. The predicted octanol–water partition coefficient (Wildman–Crippen LogP) is 4.58. The summed E-state index contributed by atoms with van der Waals surface area (Å²) in [6.45, 7) is 0.997. The summed E-state index contributed by atoms with van der Waals surface area (Å²) in [5, 5.41) is 2.93. The molecule has 1 aromatic heterocycles. The average Bonchev–Trinajstić information content (AvgIpc) is 3.25. The Labute approximate surface area is 168 Å². The molecule has 0 aliphatic carbocycles. The van der Waals surface area contributed by atoms with Gasteiger partial charge in [0.1, 0.15) is 11.6 Å². The summed E-state index contributed by atoms with van der Waals surface area (Å²) in [7, 11) is 0. The lowest BCUT2D eigenvalue weighted by molar-refractivity contribution is -0.121. The Bertz CT molecular complexity index is 990. The van der Waals surface area contributed by atoms with Gasteiger partial charge < -0.3 is 14.6 Å². The largest absolute Gasteiger partial charge is 0.451 e. The normalized spacial score (nSPS) is 14.6. The van der Waals surface area contributed by atoms with Crippen LogP contribution in [0, 0.1) is 11.7 Å². The van der Waals surface area contributed by atoms with Gasteiger partial charge in [0.15, 0.2) is 5.76 Å². The second-order valence-electron chi connectivity index (χ2n) is 7.09. The van der Waals surface area contributed by atoms with Crippen LogP contribution >= 0.6 is 0 Å². The Kier molecular flexibility index (Phi) is 5.42. The Morgan fingerprint density at radius 2 is 1.62 bits per heavy atom. The number of benzene rings is 2. The fourth-order valence-corrected chi connectivity index (χ4v) is 3.49. The van der Waals surface area contributed by atoms with Gasteiger partial charge in [0.2, 0.25) is 5.91 Å². The molecule has 2 heterocycles. The summed E-state index contributed by atoms with van der Waals surface area (Å²) < 4.78 is 18.8. The molecule has 0 bridgehead atoms. The first-order chi connectivity index (χ1) is 14.1. The van der Waals surface area contributed by atoms with Gasteiger partial charge in [-0.3, -0.25) is 9.59 Å². The monoisotopic (exact) mass is 392 g/mol. The van der Waals surface area contributed by atoms with Crippen molar-refractivity contribution in [3.05, 3.63) is 78.3 Å². The van der Waals surface area contributed by atoms with E-state index in [2.05, 4.69) is 5.32 Å². The smallest absolute Gasteiger partial charge is 0.289 e. The van der Waals surface area contributed by atoms with Gasteiger partial charge in [-0.2, -0.15) is 0 Å². The molecule has 1 aliphatic heterocycles. The van der Waals surface area contributed by atoms with E-state index < -0.39 is 0 Å². The highest BCUT2D eigenvalue weighted by molar-refractivity contribution is 5.94. The molecular weight excluding hydrogens is 371 g/mol. The minimum Gasteiger partial charge on any atom is -0.451 e. The number of carbonyl (C=O) groups is 2. The molecule has 29 heavy (non-hydrogen) atoms. The van der Waals surface area contributed by atoms with E-state index in [1.165, 1.54) is 12.1 Å². The average molecular weight is 392 g/mol. The highest BCUT2D eigenvalue weighted by Crippen LogP contribution is 2.25. The maximum Gasteiger partial charge on any atom is 0.289 e. The van der Waals surface area contributed by atoms with Crippen LogP contribution in [-0.2, 0) is 4.79 Å². The van der Waals surface area contributed by atoms with Crippen molar-refractivity contribution in [3.8, 4) is 11.3 Å². The number of hydrogen-bond donors (Lipinski definition) is 1. The number of nitrogens with zero attached hydrogens (tertiary/aromatic N) is 1. The van der Waals surface area contributed by atoms with Crippen molar-refractivity contribution >= 4 is 17.5 Å². The second kappa shape index (κ2) is 8.31. The molecule has 0 unspecified atom stereocenters. The lowest BCUT2D eigenvalue weighted by atomic mass is 9.95. The van der Waals surface area contributed by atoms with Crippen LogP contribution in [-0.4, -0.2) is 29.8 Å². The van der Waals surface area contributed by atoms with E-state index in [0.717, 1.165) is 5.69 Å². The van der Waals surface area contributed by atoms with Crippen LogP contribution in [0.25, 0.3) is 11.3 Å². The van der Waals surface area contributed by atoms with Crippen LogP contribution in [0.3, 0.4) is 0 Å². The zero-order valence-electron chi connectivity index (χ0n) is 15.8. The maximum atomic E-state index is 13.1. The number of halogens is 1. The SMILES string of the molecule is O=C(Nc1ccccc1)C1CCN(C(=O)c2ccc(-c3ccc(F)cc3)o2)CC1. The molecule has 0 spiro atoms. The molecule has 148 valence electrons. The third-order valence-corrected chi connectivity index (χ3v) is 5.14. The number of carbonyl (C=O) groups excluding carboxylic acids is 2. The first kappa shape index (κ1) is 18.9. The molecule has 5 nitrogen and oxygen atoms in total. The topological polar surface area (TPSA) is 62.6 Å². The molecular formula is C23H21FN2O3. The molecule has 1 fully saturated rings. The van der Waals surface area contributed by atoms with Crippen LogP contribution in [0.5, 0.6) is 0 Å². The van der Waals surface area contributed by atoms with E-state index in [-0.39, 0.29) is 29.3 Å². The van der Waals surface area contributed by atoms with Crippen molar-refractivity contribution in [3.63, 3.8) is 0 Å². The second-order valence-corrected chi connectivity index (χ2v) is 7.09. The van der Waals surface area contributed by atoms with E-state index >= 15 is 0 Å². The number of hydrogen-bond acceptors (Lipinski definition) is 3. The van der Waals surface area contributed by atoms with Crippen molar-refractivity contribution < 1.29 is 18.4 Å². The highest BCUT2D eigenvalue weighted by Gasteiger charge is 2.29. The van der Waals surface area contributed by atoms with Crippen LogP contribution in [0.2, 0.25) is 0 Å². The fourth-order valence-electron chi connectivity index (χ4n) is 3.49. The number of likely N-dealkylation sites (tertiary alicyclic amines) is 1. The lowest BCUT2D eigenvalue weighted by Crippen LogP contribution is -2.41. The Morgan fingerprint density at radius 1 is 0.931 bits per heavy atom. The van der Waals surface area contributed by atoms with Gasteiger partial charge in [0.25, 0.3) is 5.91 Å². The minimum atomic E-state index is -0.323. The highest BCUT2D eigenvalue weighted by atomic mass is 19.1. The molecule has 0 atom stereocenters. The number of rotatable bonds is 4. The van der Waals surface area contributed by atoms with Gasteiger partial charge in [-0.1, -0.05) is 18.2 Å². The van der Waals surface area contributed by atoms with Crippen molar-refractivity contribution in [1.82, 2.24) is 4.90 Å². The van der Waals surface area contributed by atoms with Gasteiger partial charge >= 0.3 is 0 Å². The summed E-state index contributed by atoms with van der Waals surface area (Å²) in [6, 6.07) is 18.6. The minimum absolute atomic E-state index is 0.0140. The molecule has 0 radical (unpaired) electrons. The van der Waals surface area contributed by atoms with Gasteiger partial charge in [-0.25, -0.2) is 4.39 Å². The first-order valence-corrected chi connectivity index (χ1v) is 9.61. The molecule has 2 aromatic carbocycles. The molecule has 6 heteroatoms. The number of piperidine rings is 1. The summed E-state index contributed by atoms with van der Waals surface area (Å²) in [4.78, 5) is 26.9. The zero-order valence-corrected chi connectivity index (χ0v) is 15.8. The van der Waals surface area contributed by atoms with Gasteiger partial charge in [0.05, 0.1) is 0 Å². The first-order valence-electron chi connectivity index (χ1n) is 9.61. The standard InChI is InChI=1S/C23H21FN2O3/c24-18-8-6-16(7-9-18)20-10-11-21(29-20)23(28)26-14-12-17(13-15-26)22(27)25-19-4-2-1-3-5-19/h1-11,17H,12-15H2,(H,25,27). The summed E-state index contributed by atoms with van der Waals surface area (Å²) in [5.74, 6) is 0.114. The van der Waals surface area contributed by atoms with E-state index in [0.29, 0.717) is 37.3 Å². The summed E-state index contributed by atoms with van der Waals surface area (Å²) in [6.07, 6.45) is 1.21. The third-order valence-electron chi connectivity index (χ3n) is 5.14. The Balaban J connectivity index is 1.34. The zero-order chi connectivity index (χ0) is 20.2. The quantitative estimate of drug-likeness (QED) is 0.707. The third kappa shape index (κ3) is 4.37. The lowest BCUT2D eigenvalue weighted by Gasteiger charge is -2.30. The van der Waals surface area contributed by atoms with Crippen LogP contribution in [0.15, 0.2) is 71.1 Å². The molecule has 3 aromatic rings. The summed E-state index contributed by atoms with van der Waals surface area (Å²) >= 11 is 0. The number of para-hydroxylation sites is 1. The van der Waals surface area contributed by atoms with Crippen molar-refractivity contribution in [2.24, 2.45) is 5.92 Å². The number of furan rings is 1.